The van der Waals surface area contributed by atoms with Gasteiger partial charge in [-0.15, -0.1) is 0 Å². The molecule has 0 spiro atoms. The van der Waals surface area contributed by atoms with Crippen LogP contribution in [0.5, 0.6) is 0 Å². The number of rotatable bonds is 3. The summed E-state index contributed by atoms with van der Waals surface area (Å²) < 4.78 is 37.3. The molecule has 0 saturated heterocycles. The number of aromatic amines is 1. The number of H-pyrrole nitrogens is 1. The van der Waals surface area contributed by atoms with Crippen LogP contribution in [-0.2, 0) is 9.84 Å². The molecule has 6 nitrogen and oxygen atoms in total. The Labute approximate surface area is 142 Å². The zero-order chi connectivity index (χ0) is 17.8. The minimum absolute atomic E-state index is 0.0919. The molecule has 1 fully saturated rings. The first-order chi connectivity index (χ1) is 11.8. The van der Waals surface area contributed by atoms with E-state index in [0.29, 0.717) is 10.9 Å². The molecule has 0 unspecified atom stereocenters. The second-order valence-electron chi connectivity index (χ2n) is 6.46. The summed E-state index contributed by atoms with van der Waals surface area (Å²) in [6.45, 7) is 0. The van der Waals surface area contributed by atoms with Crippen molar-refractivity contribution in [3.05, 3.63) is 57.0 Å². The minimum atomic E-state index is -3.31. The lowest BCUT2D eigenvalue weighted by molar-refractivity contribution is 0.0946. The Bertz CT molecular complexity index is 1080. The average Bonchev–Trinajstić information content (AvgIpc) is 3.32. The Balaban J connectivity index is 1.67. The molecule has 1 aliphatic heterocycles. The Morgan fingerprint density at radius 2 is 2.04 bits per heavy atom. The Morgan fingerprint density at radius 3 is 2.68 bits per heavy atom. The smallest absolute Gasteiger partial charge is 0.261 e. The fourth-order valence-electron chi connectivity index (χ4n) is 3.05. The Hall–Kier alpha value is -2.48. The van der Waals surface area contributed by atoms with E-state index in [1.807, 2.05) is 0 Å². The van der Waals surface area contributed by atoms with E-state index in [2.05, 4.69) is 10.3 Å². The van der Waals surface area contributed by atoms with Crippen molar-refractivity contribution in [1.29, 1.82) is 0 Å². The number of pyridine rings is 1. The van der Waals surface area contributed by atoms with Gasteiger partial charge in [0, 0.05) is 10.8 Å². The van der Waals surface area contributed by atoms with Gasteiger partial charge in [-0.1, -0.05) is 12.1 Å². The fourth-order valence-corrected chi connectivity index (χ4v) is 4.28. The van der Waals surface area contributed by atoms with E-state index in [1.165, 1.54) is 12.1 Å². The van der Waals surface area contributed by atoms with Gasteiger partial charge in [0.1, 0.15) is 5.56 Å². The van der Waals surface area contributed by atoms with E-state index in [-0.39, 0.29) is 22.8 Å². The molecule has 1 aliphatic carbocycles. The standard InChI is InChI=1S/C17H15FN2O4S/c18-14-12(9-1-2-9)4-3-10-7-13(17(22)20-15(10)14)16(21)19-11-5-6-25(23,24)8-11/h3-7,9,11H,1-2,8H2,(H,19,21)(H,20,22)/t11-/m1/s1. The van der Waals surface area contributed by atoms with Crippen molar-refractivity contribution in [2.75, 3.05) is 5.75 Å². The van der Waals surface area contributed by atoms with Gasteiger partial charge in [0.15, 0.2) is 15.7 Å². The summed E-state index contributed by atoms with van der Waals surface area (Å²) >= 11 is 0. The lowest BCUT2D eigenvalue weighted by Crippen LogP contribution is -2.38. The first kappa shape index (κ1) is 16.0. The quantitative estimate of drug-likeness (QED) is 0.867. The van der Waals surface area contributed by atoms with Crippen LogP contribution in [0, 0.1) is 5.82 Å². The summed E-state index contributed by atoms with van der Waals surface area (Å²) in [6, 6.07) is 4.01. The van der Waals surface area contributed by atoms with Gasteiger partial charge in [-0.3, -0.25) is 9.59 Å². The maximum atomic E-state index is 14.5. The number of fused-ring (bicyclic) bond motifs is 1. The van der Waals surface area contributed by atoms with Crippen LogP contribution in [0.15, 0.2) is 34.5 Å². The minimum Gasteiger partial charge on any atom is -0.345 e. The van der Waals surface area contributed by atoms with Crippen molar-refractivity contribution in [1.82, 2.24) is 10.3 Å². The van der Waals surface area contributed by atoms with Crippen molar-refractivity contribution in [3.63, 3.8) is 0 Å². The number of hydrogen-bond acceptors (Lipinski definition) is 4. The van der Waals surface area contributed by atoms with E-state index >= 15 is 0 Å². The molecule has 25 heavy (non-hydrogen) atoms. The molecule has 1 saturated carbocycles. The topological polar surface area (TPSA) is 96.1 Å². The molecule has 2 N–H and O–H groups in total. The highest BCUT2D eigenvalue weighted by Gasteiger charge is 2.28. The molecule has 4 rings (SSSR count). The number of hydrogen-bond donors (Lipinski definition) is 2. The van der Waals surface area contributed by atoms with Crippen LogP contribution < -0.4 is 10.9 Å². The van der Waals surface area contributed by atoms with E-state index in [0.717, 1.165) is 18.2 Å². The second-order valence-corrected chi connectivity index (χ2v) is 8.39. The van der Waals surface area contributed by atoms with Crippen molar-refractivity contribution in [2.45, 2.75) is 24.8 Å². The van der Waals surface area contributed by atoms with Gasteiger partial charge in [0.25, 0.3) is 11.5 Å². The normalized spacial score (nSPS) is 21.6. The van der Waals surface area contributed by atoms with E-state index in [1.54, 1.807) is 12.1 Å². The average molecular weight is 362 g/mol. The van der Waals surface area contributed by atoms with Crippen molar-refractivity contribution >= 4 is 26.6 Å². The number of halogens is 1. The van der Waals surface area contributed by atoms with Crippen LogP contribution >= 0.6 is 0 Å². The number of carbonyl (C=O) groups excluding carboxylic acids is 1. The zero-order valence-corrected chi connectivity index (χ0v) is 13.9. The first-order valence-electron chi connectivity index (χ1n) is 7.91. The maximum Gasteiger partial charge on any atom is 0.261 e. The number of carbonyl (C=O) groups is 1. The molecule has 2 aliphatic rings. The van der Waals surface area contributed by atoms with Crippen LogP contribution in [0.2, 0.25) is 0 Å². The molecule has 1 aromatic heterocycles. The molecular formula is C17H15FN2O4S. The monoisotopic (exact) mass is 362 g/mol. The molecule has 2 heterocycles. The van der Waals surface area contributed by atoms with Gasteiger partial charge >= 0.3 is 0 Å². The van der Waals surface area contributed by atoms with Gasteiger partial charge in [0.05, 0.1) is 17.3 Å². The van der Waals surface area contributed by atoms with E-state index in [9.17, 15) is 22.4 Å². The van der Waals surface area contributed by atoms with Crippen molar-refractivity contribution < 1.29 is 17.6 Å². The third-order valence-electron chi connectivity index (χ3n) is 4.50. The van der Waals surface area contributed by atoms with Gasteiger partial charge < -0.3 is 10.3 Å². The molecule has 0 bridgehead atoms. The number of nitrogens with one attached hydrogen (secondary N) is 2. The molecular weight excluding hydrogens is 347 g/mol. The molecule has 2 aromatic rings. The molecule has 0 radical (unpaired) electrons. The Morgan fingerprint density at radius 1 is 1.28 bits per heavy atom. The predicted octanol–water partition coefficient (Wildman–Crippen LogP) is 1.59. The van der Waals surface area contributed by atoms with Crippen molar-refractivity contribution in [3.8, 4) is 0 Å². The van der Waals surface area contributed by atoms with Crippen LogP contribution in [-0.4, -0.2) is 31.1 Å². The van der Waals surface area contributed by atoms with Crippen LogP contribution in [0.1, 0.15) is 34.7 Å². The third-order valence-corrected chi connectivity index (χ3v) is 5.89. The zero-order valence-electron chi connectivity index (χ0n) is 13.1. The second kappa shape index (κ2) is 5.52. The maximum absolute atomic E-state index is 14.5. The number of amides is 1. The molecule has 1 atom stereocenters. The summed E-state index contributed by atoms with van der Waals surface area (Å²) in [4.78, 5) is 26.9. The predicted molar refractivity (Wildman–Crippen MR) is 90.7 cm³/mol. The SMILES string of the molecule is O=C(N[C@@H]1C=CS(=O)(=O)C1)c1cc2ccc(C3CC3)c(F)c2[nH]c1=O. The van der Waals surface area contributed by atoms with Crippen LogP contribution in [0.25, 0.3) is 10.9 Å². The molecule has 8 heteroatoms. The molecule has 1 aromatic carbocycles. The number of benzene rings is 1. The third kappa shape index (κ3) is 2.97. The summed E-state index contributed by atoms with van der Waals surface area (Å²) in [6.07, 6.45) is 3.24. The first-order valence-corrected chi connectivity index (χ1v) is 9.63. The van der Waals surface area contributed by atoms with Crippen molar-refractivity contribution in [2.24, 2.45) is 0 Å². The summed E-state index contributed by atoms with van der Waals surface area (Å²) in [5, 5.41) is 3.95. The highest BCUT2D eigenvalue weighted by Crippen LogP contribution is 2.42. The highest BCUT2D eigenvalue weighted by atomic mass is 32.2. The van der Waals surface area contributed by atoms with Gasteiger partial charge in [-0.05, 0) is 36.5 Å². The molecule has 1 amide bonds. The summed E-state index contributed by atoms with van der Waals surface area (Å²) in [5.74, 6) is -1.17. The van der Waals surface area contributed by atoms with E-state index < -0.39 is 33.2 Å². The fraction of sp³-hybridized carbons (Fsp3) is 0.294. The summed E-state index contributed by atoms with van der Waals surface area (Å²) in [5.41, 5.74) is -0.207. The van der Waals surface area contributed by atoms with Gasteiger partial charge in [-0.2, -0.15) is 0 Å². The van der Waals surface area contributed by atoms with E-state index in [4.69, 9.17) is 0 Å². The summed E-state index contributed by atoms with van der Waals surface area (Å²) in [7, 11) is -3.31. The van der Waals surface area contributed by atoms with Gasteiger partial charge in [0.2, 0.25) is 0 Å². The molecule has 130 valence electrons. The van der Waals surface area contributed by atoms with Gasteiger partial charge in [-0.25, -0.2) is 12.8 Å². The lowest BCUT2D eigenvalue weighted by Gasteiger charge is -2.11. The number of aromatic nitrogens is 1. The Kier molecular flexibility index (Phi) is 3.54. The highest BCUT2D eigenvalue weighted by molar-refractivity contribution is 7.94. The van der Waals surface area contributed by atoms with Crippen LogP contribution in [0.4, 0.5) is 4.39 Å². The lowest BCUT2D eigenvalue weighted by atomic mass is 10.1. The largest absolute Gasteiger partial charge is 0.345 e. The van der Waals surface area contributed by atoms with Crippen LogP contribution in [0.3, 0.4) is 0 Å². The number of sulfone groups is 1.